The highest BCUT2D eigenvalue weighted by Crippen LogP contribution is 2.35. The summed E-state index contributed by atoms with van der Waals surface area (Å²) in [7, 11) is 0. The first kappa shape index (κ1) is 15.9. The third-order valence-corrected chi connectivity index (χ3v) is 4.91. The number of fused-ring (bicyclic) bond motifs is 1. The van der Waals surface area contributed by atoms with Crippen molar-refractivity contribution in [3.8, 4) is 10.4 Å². The SMILES string of the molecule is Cc1c(-c2ccccc2)sc2ncn(CCOCCO)c(=O)c12. The van der Waals surface area contributed by atoms with Gasteiger partial charge in [-0.3, -0.25) is 9.36 Å². The van der Waals surface area contributed by atoms with Crippen molar-refractivity contribution in [3.63, 3.8) is 0 Å². The van der Waals surface area contributed by atoms with Gasteiger partial charge in [0, 0.05) is 4.88 Å². The Morgan fingerprint density at radius 2 is 2.04 bits per heavy atom. The zero-order valence-corrected chi connectivity index (χ0v) is 13.7. The quantitative estimate of drug-likeness (QED) is 0.705. The Labute approximate surface area is 137 Å². The number of ether oxygens (including phenoxy) is 1. The van der Waals surface area contributed by atoms with Gasteiger partial charge in [-0.25, -0.2) is 4.98 Å². The van der Waals surface area contributed by atoms with Crippen molar-refractivity contribution < 1.29 is 9.84 Å². The predicted molar refractivity (Wildman–Crippen MR) is 92.0 cm³/mol. The van der Waals surface area contributed by atoms with E-state index in [-0.39, 0.29) is 18.8 Å². The first-order valence-electron chi connectivity index (χ1n) is 7.45. The molecular weight excluding hydrogens is 312 g/mol. The van der Waals surface area contributed by atoms with Crippen molar-refractivity contribution in [2.75, 3.05) is 19.8 Å². The zero-order chi connectivity index (χ0) is 16.2. The minimum atomic E-state index is -0.0430. The van der Waals surface area contributed by atoms with Crippen molar-refractivity contribution in [2.24, 2.45) is 0 Å². The predicted octanol–water partition coefficient (Wildman–Crippen LogP) is 2.44. The summed E-state index contributed by atoms with van der Waals surface area (Å²) >= 11 is 1.54. The second-order valence-electron chi connectivity index (χ2n) is 5.18. The Bertz CT molecular complexity index is 855. The number of hydrogen-bond donors (Lipinski definition) is 1. The maximum absolute atomic E-state index is 12.7. The van der Waals surface area contributed by atoms with Gasteiger partial charge in [-0.2, -0.15) is 0 Å². The highest BCUT2D eigenvalue weighted by Gasteiger charge is 2.15. The van der Waals surface area contributed by atoms with Gasteiger partial charge < -0.3 is 9.84 Å². The summed E-state index contributed by atoms with van der Waals surface area (Å²) in [6.45, 7) is 3.03. The minimum Gasteiger partial charge on any atom is -0.394 e. The lowest BCUT2D eigenvalue weighted by Crippen LogP contribution is -2.23. The van der Waals surface area contributed by atoms with Crippen LogP contribution in [0.1, 0.15) is 5.56 Å². The number of thiophene rings is 1. The number of aliphatic hydroxyl groups is 1. The van der Waals surface area contributed by atoms with Gasteiger partial charge in [0.1, 0.15) is 4.83 Å². The summed E-state index contributed by atoms with van der Waals surface area (Å²) in [5.41, 5.74) is 2.03. The number of hydrogen-bond acceptors (Lipinski definition) is 5. The van der Waals surface area contributed by atoms with Crippen LogP contribution in [0.4, 0.5) is 0 Å². The third kappa shape index (κ3) is 3.19. The van der Waals surface area contributed by atoms with Crippen LogP contribution < -0.4 is 5.56 Å². The van der Waals surface area contributed by atoms with Gasteiger partial charge in [-0.05, 0) is 18.1 Å². The highest BCUT2D eigenvalue weighted by atomic mass is 32.1. The van der Waals surface area contributed by atoms with Crippen LogP contribution in [0, 0.1) is 6.92 Å². The fraction of sp³-hybridized carbons (Fsp3) is 0.294. The van der Waals surface area contributed by atoms with E-state index in [1.807, 2.05) is 37.3 Å². The van der Waals surface area contributed by atoms with Crippen molar-refractivity contribution in [2.45, 2.75) is 13.5 Å². The van der Waals surface area contributed by atoms with E-state index in [2.05, 4.69) is 4.98 Å². The second kappa shape index (κ2) is 7.04. The molecule has 0 aliphatic heterocycles. The number of nitrogens with zero attached hydrogens (tertiary/aromatic N) is 2. The molecule has 3 rings (SSSR count). The topological polar surface area (TPSA) is 64.3 Å². The summed E-state index contributed by atoms with van der Waals surface area (Å²) in [5.74, 6) is 0. The minimum absolute atomic E-state index is 0.0176. The molecule has 0 saturated heterocycles. The Hall–Kier alpha value is -2.02. The van der Waals surface area contributed by atoms with Crippen LogP contribution in [0.25, 0.3) is 20.7 Å². The lowest BCUT2D eigenvalue weighted by atomic mass is 10.1. The molecule has 2 heterocycles. The Balaban J connectivity index is 1.98. The van der Waals surface area contributed by atoms with Gasteiger partial charge in [-0.15, -0.1) is 11.3 Å². The van der Waals surface area contributed by atoms with Crippen molar-refractivity contribution in [3.05, 3.63) is 52.6 Å². The monoisotopic (exact) mass is 330 g/mol. The average molecular weight is 330 g/mol. The molecular formula is C17H18N2O3S. The third-order valence-electron chi connectivity index (χ3n) is 3.67. The van der Waals surface area contributed by atoms with Crippen LogP contribution >= 0.6 is 11.3 Å². The fourth-order valence-corrected chi connectivity index (χ4v) is 3.66. The molecule has 0 aliphatic carbocycles. The Morgan fingerprint density at radius 3 is 2.78 bits per heavy atom. The second-order valence-corrected chi connectivity index (χ2v) is 6.18. The standard InChI is InChI=1S/C17H18N2O3S/c1-12-14-16(23-15(12)13-5-3-2-4-6-13)18-11-19(17(14)21)7-9-22-10-8-20/h2-6,11,20H,7-10H2,1H3. The van der Waals surface area contributed by atoms with Gasteiger partial charge >= 0.3 is 0 Å². The van der Waals surface area contributed by atoms with Gasteiger partial charge in [0.25, 0.3) is 5.56 Å². The molecule has 0 spiro atoms. The summed E-state index contributed by atoms with van der Waals surface area (Å²) in [6, 6.07) is 10.0. The first-order valence-corrected chi connectivity index (χ1v) is 8.26. The van der Waals surface area contributed by atoms with E-state index < -0.39 is 0 Å². The fourth-order valence-electron chi connectivity index (χ4n) is 2.51. The Morgan fingerprint density at radius 1 is 1.26 bits per heavy atom. The van der Waals surface area contributed by atoms with Crippen molar-refractivity contribution in [1.82, 2.24) is 9.55 Å². The zero-order valence-electron chi connectivity index (χ0n) is 12.9. The highest BCUT2D eigenvalue weighted by molar-refractivity contribution is 7.22. The first-order chi connectivity index (χ1) is 11.2. The number of benzene rings is 1. The molecule has 5 nitrogen and oxygen atoms in total. The molecule has 0 atom stereocenters. The average Bonchev–Trinajstić information content (AvgIpc) is 2.92. The summed E-state index contributed by atoms with van der Waals surface area (Å²) in [5, 5.41) is 9.38. The van der Waals surface area contributed by atoms with Crippen LogP contribution in [-0.2, 0) is 11.3 Å². The number of aliphatic hydroxyl groups excluding tert-OH is 1. The molecule has 1 N–H and O–H groups in total. The molecule has 2 aromatic heterocycles. The van der Waals surface area contributed by atoms with Crippen LogP contribution in [0.2, 0.25) is 0 Å². The molecule has 0 radical (unpaired) electrons. The van der Waals surface area contributed by atoms with E-state index in [1.54, 1.807) is 22.2 Å². The van der Waals surface area contributed by atoms with Gasteiger partial charge in [-0.1, -0.05) is 30.3 Å². The van der Waals surface area contributed by atoms with Crippen LogP contribution in [0.15, 0.2) is 41.5 Å². The molecule has 3 aromatic rings. The van der Waals surface area contributed by atoms with Crippen LogP contribution in [0.3, 0.4) is 0 Å². The molecule has 1 aromatic carbocycles. The van der Waals surface area contributed by atoms with E-state index in [1.165, 1.54) is 0 Å². The normalized spacial score (nSPS) is 11.2. The van der Waals surface area contributed by atoms with Crippen LogP contribution in [-0.4, -0.2) is 34.5 Å². The van der Waals surface area contributed by atoms with Gasteiger partial charge in [0.15, 0.2) is 0 Å². The lowest BCUT2D eigenvalue weighted by Gasteiger charge is -2.05. The van der Waals surface area contributed by atoms with E-state index in [0.29, 0.717) is 18.5 Å². The molecule has 0 aliphatic rings. The van der Waals surface area contributed by atoms with Gasteiger partial charge in [0.2, 0.25) is 0 Å². The van der Waals surface area contributed by atoms with Crippen molar-refractivity contribution in [1.29, 1.82) is 0 Å². The summed E-state index contributed by atoms with van der Waals surface area (Å²) in [4.78, 5) is 19.0. The lowest BCUT2D eigenvalue weighted by molar-refractivity contribution is 0.0865. The molecule has 0 bridgehead atoms. The molecule has 0 amide bonds. The number of aryl methyl sites for hydroxylation is 1. The van der Waals surface area contributed by atoms with Crippen LogP contribution in [0.5, 0.6) is 0 Å². The number of rotatable bonds is 6. The maximum atomic E-state index is 12.7. The summed E-state index contributed by atoms with van der Waals surface area (Å²) in [6.07, 6.45) is 1.57. The largest absolute Gasteiger partial charge is 0.394 e. The van der Waals surface area contributed by atoms with Gasteiger partial charge in [0.05, 0.1) is 38.1 Å². The Kier molecular flexibility index (Phi) is 4.85. The smallest absolute Gasteiger partial charge is 0.262 e. The number of aromatic nitrogens is 2. The van der Waals surface area contributed by atoms with Crippen molar-refractivity contribution >= 4 is 21.6 Å². The molecule has 120 valence electrons. The maximum Gasteiger partial charge on any atom is 0.262 e. The molecule has 6 heteroatoms. The molecule has 0 saturated carbocycles. The molecule has 0 unspecified atom stereocenters. The molecule has 0 fully saturated rings. The summed E-state index contributed by atoms with van der Waals surface area (Å²) < 4.78 is 6.79. The molecule has 23 heavy (non-hydrogen) atoms. The van der Waals surface area contributed by atoms with E-state index >= 15 is 0 Å². The van der Waals surface area contributed by atoms with E-state index in [4.69, 9.17) is 9.84 Å². The van der Waals surface area contributed by atoms with E-state index in [9.17, 15) is 4.79 Å². The van der Waals surface area contributed by atoms with E-state index in [0.717, 1.165) is 20.8 Å².